The van der Waals surface area contributed by atoms with E-state index in [1.807, 2.05) is 18.0 Å². The predicted molar refractivity (Wildman–Crippen MR) is 112 cm³/mol. The number of nitrogens with zero attached hydrogens (tertiary/aromatic N) is 5. The Hall–Kier alpha value is -2.83. The Balaban J connectivity index is 1.41. The number of aryl methyl sites for hydroxylation is 1. The summed E-state index contributed by atoms with van der Waals surface area (Å²) < 4.78 is 0. The summed E-state index contributed by atoms with van der Waals surface area (Å²) in [5, 5.41) is 3.58. The number of carbonyl (C=O) groups is 1. The molecule has 28 heavy (non-hydrogen) atoms. The molecule has 3 heterocycles. The molecule has 2 saturated heterocycles. The summed E-state index contributed by atoms with van der Waals surface area (Å²) in [5.41, 5.74) is 2.56. The van der Waals surface area contributed by atoms with Gasteiger partial charge in [0.1, 0.15) is 18.0 Å². The lowest BCUT2D eigenvalue weighted by Crippen LogP contribution is -2.48. The van der Waals surface area contributed by atoms with E-state index >= 15 is 0 Å². The van der Waals surface area contributed by atoms with Crippen molar-refractivity contribution in [2.75, 3.05) is 54.9 Å². The number of rotatable bonds is 4. The molecule has 2 aromatic rings. The summed E-state index contributed by atoms with van der Waals surface area (Å²) in [4.78, 5) is 27.0. The summed E-state index contributed by atoms with van der Waals surface area (Å²) in [7, 11) is 1.84. The number of piperidine rings is 1. The van der Waals surface area contributed by atoms with Crippen LogP contribution >= 0.6 is 0 Å². The molecule has 1 amide bonds. The smallest absolute Gasteiger partial charge is 0.241 e. The van der Waals surface area contributed by atoms with Crippen molar-refractivity contribution in [1.29, 1.82) is 0 Å². The van der Waals surface area contributed by atoms with Crippen molar-refractivity contribution in [2.24, 2.45) is 0 Å². The normalized spacial score (nSPS) is 20.4. The second-order valence-electron chi connectivity index (χ2n) is 7.76. The summed E-state index contributed by atoms with van der Waals surface area (Å²) in [5.74, 6) is 1.76. The molecular weight excluding hydrogens is 352 g/mol. The van der Waals surface area contributed by atoms with Gasteiger partial charge in [-0.25, -0.2) is 9.97 Å². The molecule has 0 bridgehead atoms. The van der Waals surface area contributed by atoms with Gasteiger partial charge in [-0.2, -0.15) is 0 Å². The van der Waals surface area contributed by atoms with Gasteiger partial charge in [-0.15, -0.1) is 0 Å². The number of amides is 1. The van der Waals surface area contributed by atoms with Crippen molar-refractivity contribution in [3.63, 3.8) is 0 Å². The summed E-state index contributed by atoms with van der Waals surface area (Å²) in [6.07, 6.45) is 3.85. The molecular formula is C21H28N6O. The van der Waals surface area contributed by atoms with Gasteiger partial charge in [0.05, 0.1) is 6.54 Å². The highest BCUT2D eigenvalue weighted by atomic mass is 16.2. The maximum Gasteiger partial charge on any atom is 0.241 e. The first-order valence-electron chi connectivity index (χ1n) is 9.97. The van der Waals surface area contributed by atoms with Crippen molar-refractivity contribution in [3.8, 4) is 0 Å². The molecule has 4 rings (SSSR count). The van der Waals surface area contributed by atoms with Crippen LogP contribution in [0.4, 0.5) is 17.3 Å². The maximum atomic E-state index is 12.0. The van der Waals surface area contributed by atoms with Gasteiger partial charge in [0.15, 0.2) is 0 Å². The lowest BCUT2D eigenvalue weighted by molar-refractivity contribution is -0.129. The fraction of sp³-hybridized carbons (Fsp3) is 0.476. The highest BCUT2D eigenvalue weighted by Gasteiger charge is 2.23. The molecule has 7 heteroatoms. The molecule has 0 spiro atoms. The Bertz CT molecular complexity index is 824. The number of hydrogen-bond donors (Lipinski definition) is 1. The third kappa shape index (κ3) is 4.18. The van der Waals surface area contributed by atoms with E-state index in [4.69, 9.17) is 0 Å². The number of anilines is 3. The Morgan fingerprint density at radius 1 is 1.07 bits per heavy atom. The molecule has 0 saturated carbocycles. The fourth-order valence-electron chi connectivity index (χ4n) is 3.85. The van der Waals surface area contributed by atoms with E-state index in [1.54, 1.807) is 11.2 Å². The van der Waals surface area contributed by atoms with Gasteiger partial charge in [0, 0.05) is 51.0 Å². The van der Waals surface area contributed by atoms with E-state index in [2.05, 4.69) is 51.4 Å². The average Bonchev–Trinajstić information content (AvgIpc) is 2.71. The van der Waals surface area contributed by atoms with E-state index < -0.39 is 0 Å². The van der Waals surface area contributed by atoms with E-state index in [0.29, 0.717) is 12.6 Å². The van der Waals surface area contributed by atoms with Crippen LogP contribution in [0.1, 0.15) is 18.4 Å². The van der Waals surface area contributed by atoms with Crippen LogP contribution in [0.15, 0.2) is 36.7 Å². The van der Waals surface area contributed by atoms with Crippen LogP contribution in [0.2, 0.25) is 0 Å². The van der Waals surface area contributed by atoms with Gasteiger partial charge in [0.25, 0.3) is 0 Å². The molecule has 148 valence electrons. The lowest BCUT2D eigenvalue weighted by atomic mass is 10.0. The molecule has 1 N–H and O–H groups in total. The molecule has 1 unspecified atom stereocenters. The minimum Gasteiger partial charge on any atom is -0.369 e. The quantitative estimate of drug-likeness (QED) is 0.877. The van der Waals surface area contributed by atoms with Gasteiger partial charge in [-0.3, -0.25) is 4.79 Å². The van der Waals surface area contributed by atoms with E-state index in [9.17, 15) is 4.79 Å². The van der Waals surface area contributed by atoms with Crippen molar-refractivity contribution in [1.82, 2.24) is 14.9 Å². The van der Waals surface area contributed by atoms with Crippen LogP contribution in [-0.2, 0) is 4.79 Å². The Morgan fingerprint density at radius 2 is 1.89 bits per heavy atom. The van der Waals surface area contributed by atoms with Crippen molar-refractivity contribution >= 4 is 23.2 Å². The van der Waals surface area contributed by atoms with Gasteiger partial charge in [0.2, 0.25) is 5.91 Å². The number of nitrogens with one attached hydrogen (secondary N) is 1. The van der Waals surface area contributed by atoms with Gasteiger partial charge < -0.3 is 20.0 Å². The molecule has 7 nitrogen and oxygen atoms in total. The van der Waals surface area contributed by atoms with Crippen molar-refractivity contribution in [2.45, 2.75) is 25.8 Å². The number of likely N-dealkylation sites (N-methyl/N-ethyl adjacent to an activating group) is 1. The number of aromatic nitrogens is 2. The zero-order valence-electron chi connectivity index (χ0n) is 16.6. The van der Waals surface area contributed by atoms with E-state index in [0.717, 1.165) is 50.7 Å². The lowest BCUT2D eigenvalue weighted by Gasteiger charge is -2.35. The predicted octanol–water partition coefficient (Wildman–Crippen LogP) is 2.14. The number of hydrogen-bond acceptors (Lipinski definition) is 6. The Labute approximate surface area is 166 Å². The number of carbonyl (C=O) groups excluding carboxylic acids is 1. The SMILES string of the molecule is Cc1ccc(N2CCCC(Nc3cc(N4CCN(C)C(=O)C4)ncn3)C2)cc1. The van der Waals surface area contributed by atoms with Crippen molar-refractivity contribution < 1.29 is 4.79 Å². The number of piperazine rings is 1. The second kappa shape index (κ2) is 8.04. The average molecular weight is 380 g/mol. The van der Waals surface area contributed by atoms with E-state index in [1.165, 1.54) is 11.3 Å². The van der Waals surface area contributed by atoms with Gasteiger partial charge >= 0.3 is 0 Å². The maximum absolute atomic E-state index is 12.0. The van der Waals surface area contributed by atoms with Crippen LogP contribution in [-0.4, -0.2) is 66.6 Å². The standard InChI is InChI=1S/C21H28N6O/c1-16-5-7-18(8-6-16)26-9-3-4-17(13-26)24-19-12-20(23-15-22-19)27-11-10-25(2)21(28)14-27/h5-8,12,15,17H,3-4,9-11,13-14H2,1-2H3,(H,22,23,24). The zero-order chi connectivity index (χ0) is 19.5. The molecule has 0 radical (unpaired) electrons. The summed E-state index contributed by atoms with van der Waals surface area (Å²) >= 11 is 0. The minimum absolute atomic E-state index is 0.125. The zero-order valence-corrected chi connectivity index (χ0v) is 16.6. The largest absolute Gasteiger partial charge is 0.369 e. The second-order valence-corrected chi connectivity index (χ2v) is 7.76. The molecule has 2 aliphatic heterocycles. The first-order valence-corrected chi connectivity index (χ1v) is 9.97. The summed E-state index contributed by atoms with van der Waals surface area (Å²) in [6, 6.07) is 11.0. The van der Waals surface area contributed by atoms with Crippen LogP contribution in [0.3, 0.4) is 0 Å². The molecule has 1 atom stereocenters. The molecule has 0 aliphatic carbocycles. The first-order chi connectivity index (χ1) is 13.6. The fourth-order valence-corrected chi connectivity index (χ4v) is 3.85. The molecule has 1 aromatic carbocycles. The number of benzene rings is 1. The van der Waals surface area contributed by atoms with Crippen LogP contribution in [0.25, 0.3) is 0 Å². The highest BCUT2D eigenvalue weighted by molar-refractivity contribution is 5.82. The third-order valence-electron chi connectivity index (χ3n) is 5.61. The summed E-state index contributed by atoms with van der Waals surface area (Å²) in [6.45, 7) is 6.04. The van der Waals surface area contributed by atoms with Gasteiger partial charge in [-0.1, -0.05) is 17.7 Å². The monoisotopic (exact) mass is 380 g/mol. The van der Waals surface area contributed by atoms with Crippen LogP contribution < -0.4 is 15.1 Å². The molecule has 1 aromatic heterocycles. The Morgan fingerprint density at radius 3 is 2.68 bits per heavy atom. The topological polar surface area (TPSA) is 64.6 Å². The van der Waals surface area contributed by atoms with Crippen LogP contribution in [0, 0.1) is 6.92 Å². The van der Waals surface area contributed by atoms with Crippen molar-refractivity contribution in [3.05, 3.63) is 42.2 Å². The highest BCUT2D eigenvalue weighted by Crippen LogP contribution is 2.23. The third-order valence-corrected chi connectivity index (χ3v) is 5.61. The van der Waals surface area contributed by atoms with Gasteiger partial charge in [-0.05, 0) is 31.9 Å². The first kappa shape index (κ1) is 18.5. The molecule has 2 fully saturated rings. The Kier molecular flexibility index (Phi) is 5.32. The van der Waals surface area contributed by atoms with Crippen LogP contribution in [0.5, 0.6) is 0 Å². The molecule has 2 aliphatic rings. The minimum atomic E-state index is 0.125. The van der Waals surface area contributed by atoms with E-state index in [-0.39, 0.29) is 5.91 Å².